The topological polar surface area (TPSA) is 58.2 Å². The minimum absolute atomic E-state index is 0.180. The summed E-state index contributed by atoms with van der Waals surface area (Å²) in [4.78, 5) is 25.3. The van der Waals surface area contributed by atoms with Gasteiger partial charge < -0.3 is 10.6 Å². The summed E-state index contributed by atoms with van der Waals surface area (Å²) in [5.74, 6) is 3.36. The van der Waals surface area contributed by atoms with Crippen LogP contribution >= 0.6 is 0 Å². The highest BCUT2D eigenvalue weighted by Gasteiger charge is 2.58. The summed E-state index contributed by atoms with van der Waals surface area (Å²) in [6, 6.07) is 0.855. The van der Waals surface area contributed by atoms with E-state index in [9.17, 15) is 9.59 Å². The van der Waals surface area contributed by atoms with Crippen molar-refractivity contribution in [1.82, 2.24) is 10.6 Å². The fourth-order valence-corrected chi connectivity index (χ4v) is 7.31. The van der Waals surface area contributed by atoms with Crippen LogP contribution in [0, 0.1) is 34.5 Å². The average molecular weight is 359 g/mol. The van der Waals surface area contributed by atoms with Gasteiger partial charge in [0.1, 0.15) is 0 Å². The molecule has 0 aromatic rings. The van der Waals surface area contributed by atoms with E-state index in [-0.39, 0.29) is 22.6 Å². The molecule has 6 rings (SSSR count). The molecule has 4 heteroatoms. The molecule has 2 N–H and O–H groups in total. The molecular weight excluding hydrogens is 324 g/mol. The van der Waals surface area contributed by atoms with Crippen LogP contribution in [0.5, 0.6) is 0 Å². The maximum Gasteiger partial charge on any atom is 0.220 e. The van der Waals surface area contributed by atoms with Crippen LogP contribution in [0.2, 0.25) is 0 Å². The van der Waals surface area contributed by atoms with Crippen LogP contribution < -0.4 is 10.6 Å². The fourth-order valence-electron chi connectivity index (χ4n) is 7.31. The molecule has 6 aliphatic rings. The smallest absolute Gasteiger partial charge is 0.220 e. The Balaban J connectivity index is 1.26. The number of amides is 2. The lowest BCUT2D eigenvalue weighted by Crippen LogP contribution is -2.54. The van der Waals surface area contributed by atoms with Crippen molar-refractivity contribution in [2.75, 3.05) is 0 Å². The number of hydrogen-bond donors (Lipinski definition) is 2. The molecule has 4 atom stereocenters. The van der Waals surface area contributed by atoms with Crippen LogP contribution in [-0.2, 0) is 9.59 Å². The molecule has 6 fully saturated rings. The van der Waals surface area contributed by atoms with Gasteiger partial charge in [0.25, 0.3) is 0 Å². The van der Waals surface area contributed by atoms with Gasteiger partial charge in [-0.05, 0) is 85.9 Å². The third-order valence-electron chi connectivity index (χ3n) is 8.29. The van der Waals surface area contributed by atoms with Crippen molar-refractivity contribution in [2.45, 2.75) is 90.1 Å². The molecule has 0 aliphatic heterocycles. The van der Waals surface area contributed by atoms with Gasteiger partial charge in [0.05, 0.1) is 0 Å². The van der Waals surface area contributed by atoms with Crippen molar-refractivity contribution in [3.05, 3.63) is 0 Å². The lowest BCUT2D eigenvalue weighted by atomic mass is 9.43. The van der Waals surface area contributed by atoms with E-state index in [1.165, 1.54) is 32.1 Å². The monoisotopic (exact) mass is 358 g/mol. The molecule has 0 aromatic carbocycles. The summed E-state index contributed by atoms with van der Waals surface area (Å²) < 4.78 is 0. The normalized spacial score (nSPS) is 50.4. The third-order valence-corrected chi connectivity index (χ3v) is 8.29. The molecule has 26 heavy (non-hydrogen) atoms. The Bertz CT molecular complexity index is 566. The van der Waals surface area contributed by atoms with Gasteiger partial charge in [-0.2, -0.15) is 0 Å². The molecule has 0 heterocycles. The van der Waals surface area contributed by atoms with Crippen LogP contribution in [0.3, 0.4) is 0 Å². The highest BCUT2D eigenvalue weighted by molar-refractivity contribution is 5.78. The standard InChI is InChI=1S/C22H34N2O2/c1-13-3-17(13)23-19(25)10-21-6-15-5-16(7-21)9-22(8-15,12-21)11-20(26)24-18-4-14(18)2/h13-18H,3-12H2,1-2H3,(H,23,25)(H,24,26). The molecule has 4 unspecified atom stereocenters. The zero-order valence-corrected chi connectivity index (χ0v) is 16.4. The molecule has 144 valence electrons. The minimum Gasteiger partial charge on any atom is -0.353 e. The molecule has 2 amide bonds. The number of rotatable bonds is 6. The van der Waals surface area contributed by atoms with E-state index in [0.29, 0.717) is 36.8 Å². The Morgan fingerprint density at radius 3 is 1.50 bits per heavy atom. The summed E-state index contributed by atoms with van der Waals surface area (Å²) in [7, 11) is 0. The third kappa shape index (κ3) is 3.18. The summed E-state index contributed by atoms with van der Waals surface area (Å²) in [6.07, 6.45) is 11.0. The van der Waals surface area contributed by atoms with Gasteiger partial charge in [0.2, 0.25) is 11.8 Å². The van der Waals surface area contributed by atoms with Crippen molar-refractivity contribution in [2.24, 2.45) is 34.5 Å². The highest BCUT2D eigenvalue weighted by Crippen LogP contribution is 2.67. The zero-order valence-electron chi connectivity index (χ0n) is 16.4. The summed E-state index contributed by atoms with van der Waals surface area (Å²) in [5, 5.41) is 6.51. The van der Waals surface area contributed by atoms with Gasteiger partial charge in [-0.15, -0.1) is 0 Å². The van der Waals surface area contributed by atoms with Crippen molar-refractivity contribution in [1.29, 1.82) is 0 Å². The van der Waals surface area contributed by atoms with E-state index in [4.69, 9.17) is 0 Å². The van der Waals surface area contributed by atoms with Crippen LogP contribution in [0.15, 0.2) is 0 Å². The second-order valence-electron chi connectivity index (χ2n) is 11.1. The Morgan fingerprint density at radius 2 is 1.15 bits per heavy atom. The van der Waals surface area contributed by atoms with E-state index >= 15 is 0 Å². The van der Waals surface area contributed by atoms with Crippen molar-refractivity contribution in [3.63, 3.8) is 0 Å². The predicted molar refractivity (Wildman–Crippen MR) is 100 cm³/mol. The zero-order chi connectivity index (χ0) is 18.1. The van der Waals surface area contributed by atoms with Crippen molar-refractivity contribution >= 4 is 11.8 Å². The first-order valence-electron chi connectivity index (χ1n) is 10.9. The molecular formula is C22H34N2O2. The van der Waals surface area contributed by atoms with Gasteiger partial charge in [-0.3, -0.25) is 9.59 Å². The first-order chi connectivity index (χ1) is 12.3. The molecule has 0 spiro atoms. The lowest BCUT2D eigenvalue weighted by Gasteiger charge is -2.62. The van der Waals surface area contributed by atoms with Gasteiger partial charge in [0.15, 0.2) is 0 Å². The van der Waals surface area contributed by atoms with Crippen molar-refractivity contribution in [3.8, 4) is 0 Å². The fraction of sp³-hybridized carbons (Fsp3) is 0.909. The van der Waals surface area contributed by atoms with Gasteiger partial charge in [0, 0.05) is 24.9 Å². The molecule has 6 aliphatic carbocycles. The number of carbonyl (C=O) groups excluding carboxylic acids is 2. The first-order valence-corrected chi connectivity index (χ1v) is 10.9. The SMILES string of the molecule is CC1CC1NC(=O)CC12CC3CC(C1)CC(CC(=O)NC1CC1C)(C3)C2. The summed E-state index contributed by atoms with van der Waals surface area (Å²) in [5.41, 5.74) is 0.360. The minimum atomic E-state index is 0.180. The van der Waals surface area contributed by atoms with Gasteiger partial charge in [-0.25, -0.2) is 0 Å². The molecule has 4 bridgehead atoms. The molecule has 0 radical (unpaired) electrons. The van der Waals surface area contributed by atoms with Crippen molar-refractivity contribution < 1.29 is 9.59 Å². The maximum atomic E-state index is 12.6. The van der Waals surface area contributed by atoms with E-state index in [0.717, 1.165) is 31.1 Å². The Morgan fingerprint density at radius 1 is 0.769 bits per heavy atom. The Labute approximate surface area is 157 Å². The first kappa shape index (κ1) is 17.1. The second-order valence-corrected chi connectivity index (χ2v) is 11.1. The highest BCUT2D eigenvalue weighted by atomic mass is 16.2. The second kappa shape index (κ2) is 5.72. The summed E-state index contributed by atoms with van der Waals surface area (Å²) in [6.45, 7) is 4.42. The predicted octanol–water partition coefficient (Wildman–Crippen LogP) is 3.40. The molecule has 6 saturated carbocycles. The molecule has 0 aromatic heterocycles. The van der Waals surface area contributed by atoms with Crippen LogP contribution in [0.4, 0.5) is 0 Å². The summed E-state index contributed by atoms with van der Waals surface area (Å²) >= 11 is 0. The molecule has 4 nitrogen and oxygen atoms in total. The van der Waals surface area contributed by atoms with E-state index in [1.54, 1.807) is 0 Å². The van der Waals surface area contributed by atoms with Crippen LogP contribution in [0.25, 0.3) is 0 Å². The number of hydrogen-bond acceptors (Lipinski definition) is 2. The quantitative estimate of drug-likeness (QED) is 0.764. The van der Waals surface area contributed by atoms with E-state index < -0.39 is 0 Å². The molecule has 0 saturated heterocycles. The van der Waals surface area contributed by atoms with Gasteiger partial charge >= 0.3 is 0 Å². The number of carbonyl (C=O) groups is 2. The van der Waals surface area contributed by atoms with Crippen LogP contribution in [0.1, 0.15) is 78.1 Å². The Hall–Kier alpha value is -1.06. The average Bonchev–Trinajstić information content (AvgIpc) is 3.36. The van der Waals surface area contributed by atoms with Crippen LogP contribution in [-0.4, -0.2) is 23.9 Å². The van der Waals surface area contributed by atoms with E-state index in [1.807, 2.05) is 0 Å². The number of nitrogens with one attached hydrogen (secondary N) is 2. The van der Waals surface area contributed by atoms with Gasteiger partial charge in [-0.1, -0.05) is 13.8 Å². The lowest BCUT2D eigenvalue weighted by molar-refractivity contribution is -0.146. The largest absolute Gasteiger partial charge is 0.353 e. The Kier molecular flexibility index (Phi) is 3.75. The maximum absolute atomic E-state index is 12.6. The van der Waals surface area contributed by atoms with E-state index in [2.05, 4.69) is 24.5 Å².